The van der Waals surface area contributed by atoms with Crippen LogP contribution in [-0.2, 0) is 23.5 Å². The summed E-state index contributed by atoms with van der Waals surface area (Å²) in [5.41, 5.74) is 3.48. The summed E-state index contributed by atoms with van der Waals surface area (Å²) in [6.07, 6.45) is 10.5. The molecule has 4 aromatic heterocycles. The highest BCUT2D eigenvalue weighted by Gasteiger charge is 2.49. The Morgan fingerprint density at radius 2 is 2.03 bits per heavy atom. The first-order valence-corrected chi connectivity index (χ1v) is 12.9. The molecule has 0 spiro atoms. The van der Waals surface area contributed by atoms with Gasteiger partial charge in [0, 0.05) is 43.9 Å². The average Bonchev–Trinajstić information content (AvgIpc) is 3.49. The minimum absolute atomic E-state index is 0.0192. The van der Waals surface area contributed by atoms with Crippen molar-refractivity contribution >= 4 is 21.7 Å². The van der Waals surface area contributed by atoms with Gasteiger partial charge in [0.15, 0.2) is 0 Å². The van der Waals surface area contributed by atoms with Crippen molar-refractivity contribution in [3.05, 3.63) is 66.6 Å². The van der Waals surface area contributed by atoms with Crippen LogP contribution in [0.5, 0.6) is 0 Å². The van der Waals surface area contributed by atoms with E-state index >= 15 is 0 Å². The van der Waals surface area contributed by atoms with E-state index in [1.54, 1.807) is 53.2 Å². The van der Waals surface area contributed by atoms with E-state index in [4.69, 9.17) is 0 Å². The van der Waals surface area contributed by atoms with Crippen LogP contribution < -0.4 is 5.32 Å². The number of aromatic nitrogens is 7. The number of nitriles is 1. The molecule has 0 aliphatic carbocycles. The predicted octanol–water partition coefficient (Wildman–Crippen LogP) is 2.23. The normalized spacial score (nSPS) is 17.9. The van der Waals surface area contributed by atoms with Gasteiger partial charge in [0.25, 0.3) is 0 Å². The van der Waals surface area contributed by atoms with Gasteiger partial charge in [-0.3, -0.25) is 14.3 Å². The molecule has 0 amide bonds. The van der Waals surface area contributed by atoms with Crippen LogP contribution in [0.1, 0.15) is 30.3 Å². The summed E-state index contributed by atoms with van der Waals surface area (Å²) < 4.78 is 30.5. The van der Waals surface area contributed by atoms with E-state index in [9.17, 15) is 13.7 Å². The fourth-order valence-electron chi connectivity index (χ4n) is 4.25. The Labute approximate surface area is 208 Å². The molecule has 1 aliphatic rings. The van der Waals surface area contributed by atoms with Gasteiger partial charge in [-0.25, -0.2) is 18.4 Å². The van der Waals surface area contributed by atoms with E-state index in [-0.39, 0.29) is 24.8 Å². The Morgan fingerprint density at radius 3 is 2.78 bits per heavy atom. The Balaban J connectivity index is 1.45. The van der Waals surface area contributed by atoms with Crippen LogP contribution in [0.15, 0.2) is 55.4 Å². The molecule has 13 heteroatoms. The predicted molar refractivity (Wildman–Crippen MR) is 131 cm³/mol. The molecule has 0 bridgehead atoms. The lowest BCUT2D eigenvalue weighted by Gasteiger charge is -2.46. The number of hydrogen-bond donors (Lipinski definition) is 1. The van der Waals surface area contributed by atoms with Crippen LogP contribution in [0.25, 0.3) is 11.3 Å². The molecular weight excluding hydrogens is 480 g/mol. The molecule has 0 saturated carbocycles. The lowest BCUT2D eigenvalue weighted by Crippen LogP contribution is -2.54. The van der Waals surface area contributed by atoms with E-state index in [0.29, 0.717) is 22.9 Å². The Kier molecular flexibility index (Phi) is 6.21. The molecule has 2 atom stereocenters. The lowest BCUT2D eigenvalue weighted by molar-refractivity contribution is 0.0947. The van der Waals surface area contributed by atoms with E-state index < -0.39 is 16.1 Å². The van der Waals surface area contributed by atoms with Crippen molar-refractivity contribution in [2.45, 2.75) is 25.4 Å². The maximum atomic E-state index is 12.8. The molecule has 1 aliphatic heterocycles. The highest BCUT2D eigenvalue weighted by atomic mass is 32.2. The SMILES string of the molecule is CCS(=O)(=O)N1CC(n2cc(-c3ccnc(Nc4cnn(C)c4)n3)cn2)C1c1ncccc1CC#N. The minimum atomic E-state index is -3.48. The molecule has 2 unspecified atom stereocenters. The second-order valence-electron chi connectivity index (χ2n) is 8.37. The molecule has 1 saturated heterocycles. The van der Waals surface area contributed by atoms with Gasteiger partial charge in [-0.2, -0.15) is 19.8 Å². The largest absolute Gasteiger partial charge is 0.321 e. The first-order valence-electron chi connectivity index (χ1n) is 11.3. The summed E-state index contributed by atoms with van der Waals surface area (Å²) in [5, 5.41) is 21.1. The lowest BCUT2D eigenvalue weighted by atomic mass is 9.92. The maximum Gasteiger partial charge on any atom is 0.227 e. The zero-order valence-corrected chi connectivity index (χ0v) is 20.5. The standard InChI is InChI=1S/C23H24N10O2S/c1-3-36(34,35)33-15-20(22(33)21-16(6-8-24)5-4-9-25-21)32-13-17(11-28-32)19-7-10-26-23(30-19)29-18-12-27-31(2)14-18/h4-5,7,9-14,20,22H,3,6,15H2,1-2H3,(H,26,29,30). The quantitative estimate of drug-likeness (QED) is 0.381. The molecule has 12 nitrogen and oxygen atoms in total. The van der Waals surface area contributed by atoms with Gasteiger partial charge in [0.2, 0.25) is 16.0 Å². The third-order valence-corrected chi connectivity index (χ3v) is 7.91. The van der Waals surface area contributed by atoms with Crippen LogP contribution in [-0.4, -0.2) is 59.5 Å². The highest BCUT2D eigenvalue weighted by molar-refractivity contribution is 7.89. The molecule has 1 fully saturated rings. The number of sulfonamides is 1. The molecule has 5 rings (SSSR count). The Bertz CT molecular complexity index is 1540. The van der Waals surface area contributed by atoms with Gasteiger partial charge in [0.1, 0.15) is 0 Å². The molecule has 36 heavy (non-hydrogen) atoms. The van der Waals surface area contributed by atoms with E-state index in [1.165, 1.54) is 4.31 Å². The number of aryl methyl sites for hydroxylation is 1. The van der Waals surface area contributed by atoms with Crippen molar-refractivity contribution in [3.8, 4) is 17.3 Å². The molecule has 1 N–H and O–H groups in total. The molecule has 184 valence electrons. The Morgan fingerprint density at radius 1 is 1.17 bits per heavy atom. The van der Waals surface area contributed by atoms with Crippen LogP contribution >= 0.6 is 0 Å². The fraction of sp³-hybridized carbons (Fsp3) is 0.304. The second kappa shape index (κ2) is 9.48. The van der Waals surface area contributed by atoms with Crippen LogP contribution in [0.3, 0.4) is 0 Å². The van der Waals surface area contributed by atoms with Gasteiger partial charge in [-0.05, 0) is 24.6 Å². The summed E-state index contributed by atoms with van der Waals surface area (Å²) in [6, 6.07) is 6.66. The summed E-state index contributed by atoms with van der Waals surface area (Å²) in [6.45, 7) is 1.88. The number of nitrogens with one attached hydrogen (secondary N) is 1. The molecule has 0 radical (unpaired) electrons. The zero-order valence-electron chi connectivity index (χ0n) is 19.7. The van der Waals surface area contributed by atoms with E-state index in [1.807, 2.05) is 25.5 Å². The third-order valence-electron chi connectivity index (χ3n) is 6.09. The van der Waals surface area contributed by atoms with Crippen molar-refractivity contribution in [1.82, 2.24) is 38.8 Å². The molecule has 5 heterocycles. The summed E-state index contributed by atoms with van der Waals surface area (Å²) in [5.74, 6) is 0.402. The van der Waals surface area contributed by atoms with E-state index in [0.717, 1.165) is 11.3 Å². The summed E-state index contributed by atoms with van der Waals surface area (Å²) >= 11 is 0. The maximum absolute atomic E-state index is 12.8. The number of anilines is 2. The van der Waals surface area contributed by atoms with Gasteiger partial charge in [-0.1, -0.05) is 6.07 Å². The topological polar surface area (TPSA) is 148 Å². The first kappa shape index (κ1) is 23.6. The molecular formula is C23H24N10O2S. The summed E-state index contributed by atoms with van der Waals surface area (Å²) in [7, 11) is -1.65. The molecule has 0 aromatic carbocycles. The van der Waals surface area contributed by atoms with Gasteiger partial charge >= 0.3 is 0 Å². The fourth-order valence-corrected chi connectivity index (χ4v) is 5.55. The van der Waals surface area contributed by atoms with Gasteiger partial charge < -0.3 is 5.32 Å². The highest BCUT2D eigenvalue weighted by Crippen LogP contribution is 2.44. The first-order chi connectivity index (χ1) is 17.4. The monoisotopic (exact) mass is 504 g/mol. The van der Waals surface area contributed by atoms with Crippen LogP contribution in [0, 0.1) is 11.3 Å². The van der Waals surface area contributed by atoms with E-state index in [2.05, 4.69) is 36.5 Å². The number of hydrogen-bond acceptors (Lipinski definition) is 9. The number of rotatable bonds is 8. The molecule has 4 aromatic rings. The van der Waals surface area contributed by atoms with Crippen molar-refractivity contribution in [2.75, 3.05) is 17.6 Å². The van der Waals surface area contributed by atoms with Crippen molar-refractivity contribution in [1.29, 1.82) is 5.26 Å². The van der Waals surface area contributed by atoms with Gasteiger partial charge in [0.05, 0.1) is 59.8 Å². The van der Waals surface area contributed by atoms with Gasteiger partial charge in [-0.15, -0.1) is 0 Å². The summed E-state index contributed by atoms with van der Waals surface area (Å²) in [4.78, 5) is 13.3. The minimum Gasteiger partial charge on any atom is -0.321 e. The van der Waals surface area contributed by atoms with Crippen molar-refractivity contribution in [2.24, 2.45) is 7.05 Å². The number of nitrogens with zero attached hydrogens (tertiary/aromatic N) is 9. The number of pyridine rings is 1. The average molecular weight is 505 g/mol. The zero-order chi connectivity index (χ0) is 25.3. The second-order valence-corrected chi connectivity index (χ2v) is 10.6. The van der Waals surface area contributed by atoms with Crippen LogP contribution in [0.2, 0.25) is 0 Å². The smallest absolute Gasteiger partial charge is 0.227 e. The third kappa shape index (κ3) is 4.43. The van der Waals surface area contributed by atoms with Crippen LogP contribution in [0.4, 0.5) is 11.6 Å². The van der Waals surface area contributed by atoms with Crippen molar-refractivity contribution in [3.63, 3.8) is 0 Å². The van der Waals surface area contributed by atoms with Crippen molar-refractivity contribution < 1.29 is 8.42 Å². The Hall–Kier alpha value is -4.15.